The van der Waals surface area contributed by atoms with Gasteiger partial charge in [-0.25, -0.2) is 23.9 Å². The van der Waals surface area contributed by atoms with Crippen LogP contribution in [0, 0.1) is 5.41 Å². The monoisotopic (exact) mass is 589 g/mol. The van der Waals surface area contributed by atoms with E-state index in [0.29, 0.717) is 21.8 Å². The van der Waals surface area contributed by atoms with Gasteiger partial charge in [0.15, 0.2) is 5.82 Å². The Bertz CT molecular complexity index is 1380. The van der Waals surface area contributed by atoms with Crippen LogP contribution in [0.4, 0.5) is 11.6 Å². The van der Waals surface area contributed by atoms with Crippen LogP contribution in [0.25, 0.3) is 0 Å². The van der Waals surface area contributed by atoms with Crippen molar-refractivity contribution in [2.75, 3.05) is 23.7 Å². The molecule has 6 rings (SSSR count). The topological polar surface area (TPSA) is 110 Å². The van der Waals surface area contributed by atoms with E-state index in [-0.39, 0.29) is 16.2 Å². The van der Waals surface area contributed by atoms with Gasteiger partial charge in [0.05, 0.1) is 49.9 Å². The Labute approximate surface area is 239 Å². The van der Waals surface area contributed by atoms with Crippen LogP contribution in [0.15, 0.2) is 33.9 Å². The molecule has 3 N–H and O–H groups in total. The third-order valence-electron chi connectivity index (χ3n) is 7.73. The van der Waals surface area contributed by atoms with Gasteiger partial charge in [0.1, 0.15) is 10.8 Å². The Morgan fingerprint density at radius 3 is 2.68 bits per heavy atom. The minimum absolute atomic E-state index is 0.00103. The van der Waals surface area contributed by atoms with E-state index >= 15 is 0 Å². The average molecular weight is 590 g/mol. The Kier molecular flexibility index (Phi) is 6.95. The molecule has 3 aromatic rings. The first kappa shape index (κ1) is 26.4. The first-order chi connectivity index (χ1) is 18.1. The highest BCUT2D eigenvalue weighted by Gasteiger charge is 2.50. The maximum Gasteiger partial charge on any atom is 0.158 e. The summed E-state index contributed by atoms with van der Waals surface area (Å²) in [5.41, 5.74) is 10.4. The van der Waals surface area contributed by atoms with Crippen LogP contribution in [0.2, 0.25) is 5.02 Å². The highest BCUT2D eigenvalue weighted by atomic mass is 35.5. The fourth-order valence-corrected chi connectivity index (χ4v) is 8.53. The van der Waals surface area contributed by atoms with E-state index in [1.54, 1.807) is 17.5 Å². The lowest BCUT2D eigenvalue weighted by Gasteiger charge is -2.44. The standard InChI is InChI=1S/C26H32ClN7OS3/c1-25(2,3)38(35)33-22-21-16(31-14-36-21)12-26(22)7-10-34(11-8-26)18-13-30-24(23(28)32-18)37-17-6-9-29-20(19(17)27)15-4-5-15/h6,9,13-15,22,33H,4-5,7-8,10-12H2,1-3H3,(H2,28,32)/t22-,38-/m1/s1. The Balaban J connectivity index is 1.16. The number of halogens is 1. The molecule has 202 valence electrons. The normalized spacial score (nSPS) is 21.6. The number of hydrogen-bond donors (Lipinski definition) is 2. The number of fused-ring (bicyclic) bond motifs is 1. The minimum atomic E-state index is -1.16. The quantitative estimate of drug-likeness (QED) is 0.386. The molecule has 0 radical (unpaired) electrons. The van der Waals surface area contributed by atoms with Gasteiger partial charge in [0, 0.05) is 40.4 Å². The predicted molar refractivity (Wildman–Crippen MR) is 155 cm³/mol. The molecule has 1 aliphatic heterocycles. The Hall–Kier alpha value is -1.79. The number of nitrogens with one attached hydrogen (secondary N) is 1. The number of aromatic nitrogens is 4. The number of nitrogen functional groups attached to an aromatic ring is 1. The van der Waals surface area contributed by atoms with Gasteiger partial charge in [-0.15, -0.1) is 11.3 Å². The molecule has 4 heterocycles. The van der Waals surface area contributed by atoms with E-state index in [0.717, 1.165) is 67.3 Å². The molecule has 38 heavy (non-hydrogen) atoms. The number of anilines is 2. The van der Waals surface area contributed by atoms with Gasteiger partial charge in [-0.1, -0.05) is 23.4 Å². The van der Waals surface area contributed by atoms with Crippen molar-refractivity contribution in [3.63, 3.8) is 0 Å². The molecule has 0 amide bonds. The first-order valence-corrected chi connectivity index (χ1v) is 16.2. The van der Waals surface area contributed by atoms with Crippen LogP contribution in [-0.2, 0) is 17.4 Å². The molecule has 3 aliphatic rings. The maximum absolute atomic E-state index is 13.1. The summed E-state index contributed by atoms with van der Waals surface area (Å²) in [4.78, 5) is 22.9. The molecule has 1 saturated carbocycles. The molecule has 2 fully saturated rings. The minimum Gasteiger partial charge on any atom is -0.381 e. The van der Waals surface area contributed by atoms with Crippen molar-refractivity contribution in [3.05, 3.63) is 45.3 Å². The second kappa shape index (κ2) is 9.99. The van der Waals surface area contributed by atoms with E-state index in [1.807, 2.05) is 38.5 Å². The van der Waals surface area contributed by atoms with Gasteiger partial charge in [-0.05, 0) is 58.9 Å². The van der Waals surface area contributed by atoms with Crippen LogP contribution in [0.1, 0.15) is 74.7 Å². The number of nitrogens with two attached hydrogens (primary N) is 1. The molecule has 1 saturated heterocycles. The Morgan fingerprint density at radius 2 is 2.00 bits per heavy atom. The molecule has 2 aliphatic carbocycles. The van der Waals surface area contributed by atoms with E-state index in [1.165, 1.54) is 16.6 Å². The summed E-state index contributed by atoms with van der Waals surface area (Å²) < 4.78 is 16.2. The van der Waals surface area contributed by atoms with E-state index in [9.17, 15) is 4.21 Å². The van der Waals surface area contributed by atoms with Gasteiger partial charge >= 0.3 is 0 Å². The molecular weight excluding hydrogens is 558 g/mol. The molecule has 3 aromatic heterocycles. The molecular formula is C26H32ClN7OS3. The highest BCUT2D eigenvalue weighted by molar-refractivity contribution is 7.99. The number of nitrogens with zero attached hydrogens (tertiary/aromatic N) is 5. The fraction of sp³-hybridized carbons (Fsp3) is 0.538. The Morgan fingerprint density at radius 1 is 1.24 bits per heavy atom. The number of piperidine rings is 1. The van der Waals surface area contributed by atoms with E-state index in [4.69, 9.17) is 22.3 Å². The number of rotatable bonds is 6. The summed E-state index contributed by atoms with van der Waals surface area (Å²) in [6.45, 7) is 7.68. The smallest absolute Gasteiger partial charge is 0.158 e. The summed E-state index contributed by atoms with van der Waals surface area (Å²) in [5, 5.41) is 1.35. The summed E-state index contributed by atoms with van der Waals surface area (Å²) in [6.07, 6.45) is 8.71. The van der Waals surface area contributed by atoms with Gasteiger partial charge in [0.25, 0.3) is 0 Å². The van der Waals surface area contributed by atoms with E-state index < -0.39 is 11.0 Å². The molecule has 2 atom stereocenters. The highest BCUT2D eigenvalue weighted by Crippen LogP contribution is 2.53. The summed E-state index contributed by atoms with van der Waals surface area (Å²) >= 11 is 9.76. The van der Waals surface area contributed by atoms with Crippen molar-refractivity contribution < 1.29 is 4.21 Å². The van der Waals surface area contributed by atoms with Crippen molar-refractivity contribution in [3.8, 4) is 0 Å². The van der Waals surface area contributed by atoms with Gasteiger partial charge in [0.2, 0.25) is 0 Å². The predicted octanol–water partition coefficient (Wildman–Crippen LogP) is 5.53. The van der Waals surface area contributed by atoms with Crippen molar-refractivity contribution in [1.82, 2.24) is 24.7 Å². The molecule has 8 nitrogen and oxygen atoms in total. The number of thiazole rings is 1. The van der Waals surface area contributed by atoms with Crippen LogP contribution in [0.5, 0.6) is 0 Å². The SMILES string of the molecule is CC(C)(C)[S@@](=O)N[C@@H]1c2scnc2CC12CCN(c1cnc(Sc3ccnc(C4CC4)c3Cl)c(N)n1)CC2. The number of hydrogen-bond acceptors (Lipinski definition) is 9. The van der Waals surface area contributed by atoms with E-state index in [2.05, 4.69) is 24.6 Å². The summed E-state index contributed by atoms with van der Waals surface area (Å²) in [7, 11) is -1.16. The lowest BCUT2D eigenvalue weighted by molar-refractivity contribution is 0.177. The first-order valence-electron chi connectivity index (χ1n) is 12.9. The molecule has 0 unspecified atom stereocenters. The van der Waals surface area contributed by atoms with Crippen LogP contribution in [-0.4, -0.2) is 42.0 Å². The van der Waals surface area contributed by atoms with Gasteiger partial charge in [-0.3, -0.25) is 4.98 Å². The second-order valence-corrected chi connectivity index (χ2v) is 15.7. The third kappa shape index (κ3) is 4.96. The second-order valence-electron chi connectivity index (χ2n) is 11.4. The molecule has 12 heteroatoms. The lowest BCUT2D eigenvalue weighted by atomic mass is 9.74. The van der Waals surface area contributed by atoms with Crippen LogP contribution in [0.3, 0.4) is 0 Å². The van der Waals surface area contributed by atoms with Crippen molar-refractivity contribution >= 4 is 57.3 Å². The molecule has 0 bridgehead atoms. The third-order valence-corrected chi connectivity index (χ3v) is 11.8. The lowest BCUT2D eigenvalue weighted by Crippen LogP contribution is -2.48. The van der Waals surface area contributed by atoms with Gasteiger partial charge in [-0.2, -0.15) is 0 Å². The fourth-order valence-electron chi connectivity index (χ4n) is 5.35. The number of pyridine rings is 1. The van der Waals surface area contributed by atoms with Gasteiger partial charge < -0.3 is 10.6 Å². The summed E-state index contributed by atoms with van der Waals surface area (Å²) in [5.74, 6) is 1.66. The average Bonchev–Trinajstić information content (AvgIpc) is 3.56. The van der Waals surface area contributed by atoms with Crippen molar-refractivity contribution in [2.24, 2.45) is 5.41 Å². The summed E-state index contributed by atoms with van der Waals surface area (Å²) in [6, 6.07) is 1.96. The zero-order chi connectivity index (χ0) is 26.7. The van der Waals surface area contributed by atoms with Crippen molar-refractivity contribution in [1.29, 1.82) is 0 Å². The van der Waals surface area contributed by atoms with Crippen molar-refractivity contribution in [2.45, 2.75) is 79.5 Å². The van der Waals surface area contributed by atoms with Crippen LogP contribution >= 0.6 is 34.7 Å². The molecule has 1 spiro atoms. The zero-order valence-electron chi connectivity index (χ0n) is 21.7. The maximum atomic E-state index is 13.1. The zero-order valence-corrected chi connectivity index (χ0v) is 24.9. The largest absolute Gasteiger partial charge is 0.381 e. The van der Waals surface area contributed by atoms with Crippen LogP contribution < -0.4 is 15.4 Å². The molecule has 0 aromatic carbocycles.